The average molecular weight is 373 g/mol. The third kappa shape index (κ3) is 5.80. The van der Waals surface area contributed by atoms with E-state index in [0.717, 1.165) is 32.5 Å². The quantitative estimate of drug-likeness (QED) is 0.301. The highest BCUT2D eigenvalue weighted by molar-refractivity contribution is 5.72. The Hall–Kier alpha value is -1.88. The van der Waals surface area contributed by atoms with E-state index < -0.39 is 0 Å². The second-order valence-electron chi connectivity index (χ2n) is 7.59. The molecule has 1 saturated carbocycles. The van der Waals surface area contributed by atoms with Gasteiger partial charge < -0.3 is 9.57 Å². The summed E-state index contributed by atoms with van der Waals surface area (Å²) >= 11 is 0. The van der Waals surface area contributed by atoms with Gasteiger partial charge in [0.25, 0.3) is 0 Å². The van der Waals surface area contributed by atoms with Gasteiger partial charge in [0, 0.05) is 25.2 Å². The molecule has 1 aromatic rings. The number of esters is 1. The lowest BCUT2D eigenvalue weighted by Gasteiger charge is -2.30. The van der Waals surface area contributed by atoms with Gasteiger partial charge in [-0.1, -0.05) is 41.9 Å². The molecule has 3 atom stereocenters. The molecule has 2 fully saturated rings. The second kappa shape index (κ2) is 10.5. The molecule has 3 rings (SSSR count). The molecule has 1 aliphatic carbocycles. The minimum absolute atomic E-state index is 0.00678. The van der Waals surface area contributed by atoms with Gasteiger partial charge in [-0.25, -0.2) is 0 Å². The van der Waals surface area contributed by atoms with Crippen LogP contribution in [0.3, 0.4) is 0 Å². The highest BCUT2D eigenvalue weighted by atomic mass is 16.6. The topological polar surface area (TPSA) is 51.1 Å². The molecule has 0 spiro atoms. The van der Waals surface area contributed by atoms with Crippen molar-refractivity contribution < 1.29 is 14.4 Å². The Morgan fingerprint density at radius 2 is 2.07 bits per heavy atom. The predicted octanol–water partition coefficient (Wildman–Crippen LogP) is 3.85. The normalized spacial score (nSPS) is 26.3. The van der Waals surface area contributed by atoms with Crippen LogP contribution < -0.4 is 0 Å². The van der Waals surface area contributed by atoms with Crippen molar-refractivity contribution in [3.05, 3.63) is 35.9 Å². The number of piperidine rings is 1. The standard InChI is InChI=1S/C22H32N2O3/c1-2-26-22(25)20-11-7-13-24(17-20)14-15-27-23-16-19-10-6-12-21(19)18-8-4-3-5-9-18/h3-5,8-9,16,19-21H,2,6-7,10-15,17H2,1H3. The van der Waals surface area contributed by atoms with Crippen LogP contribution in [0.1, 0.15) is 50.5 Å². The lowest BCUT2D eigenvalue weighted by Crippen LogP contribution is -2.40. The number of hydrogen-bond acceptors (Lipinski definition) is 5. The molecule has 1 saturated heterocycles. The molecule has 1 aromatic carbocycles. The van der Waals surface area contributed by atoms with Gasteiger partial charge >= 0.3 is 5.97 Å². The van der Waals surface area contributed by atoms with Crippen molar-refractivity contribution in [2.24, 2.45) is 17.0 Å². The molecule has 27 heavy (non-hydrogen) atoms. The molecule has 0 bridgehead atoms. The maximum absolute atomic E-state index is 11.9. The number of hydrogen-bond donors (Lipinski definition) is 0. The van der Waals surface area contributed by atoms with Gasteiger partial charge in [0.1, 0.15) is 6.61 Å². The molecular weight excluding hydrogens is 340 g/mol. The second-order valence-corrected chi connectivity index (χ2v) is 7.59. The molecule has 0 N–H and O–H groups in total. The molecule has 2 aliphatic rings. The van der Waals surface area contributed by atoms with Crippen molar-refractivity contribution in [3.63, 3.8) is 0 Å². The molecule has 5 heteroatoms. The Labute approximate surface area is 162 Å². The van der Waals surface area contributed by atoms with Crippen LogP contribution in [0.15, 0.2) is 35.5 Å². The lowest BCUT2D eigenvalue weighted by molar-refractivity contribution is -0.150. The number of oxime groups is 1. The van der Waals surface area contributed by atoms with Crippen LogP contribution in [0.25, 0.3) is 0 Å². The molecule has 5 nitrogen and oxygen atoms in total. The van der Waals surface area contributed by atoms with E-state index in [0.29, 0.717) is 25.0 Å². The zero-order valence-electron chi connectivity index (χ0n) is 16.4. The maximum Gasteiger partial charge on any atom is 0.310 e. The van der Waals surface area contributed by atoms with Crippen molar-refractivity contribution in [3.8, 4) is 0 Å². The van der Waals surface area contributed by atoms with Crippen molar-refractivity contribution in [1.29, 1.82) is 0 Å². The Morgan fingerprint density at radius 3 is 2.89 bits per heavy atom. The summed E-state index contributed by atoms with van der Waals surface area (Å²) in [6.07, 6.45) is 7.62. The Balaban J connectivity index is 1.39. The fourth-order valence-electron chi connectivity index (χ4n) is 4.34. The number of carbonyl (C=O) groups excluding carboxylic acids is 1. The average Bonchev–Trinajstić information content (AvgIpc) is 3.17. The Kier molecular flexibility index (Phi) is 7.69. The van der Waals surface area contributed by atoms with Gasteiger partial charge in [0.2, 0.25) is 0 Å². The van der Waals surface area contributed by atoms with Crippen molar-refractivity contribution in [2.75, 3.05) is 32.8 Å². The number of carbonyl (C=O) groups is 1. The van der Waals surface area contributed by atoms with Gasteiger partial charge in [-0.2, -0.15) is 0 Å². The lowest BCUT2D eigenvalue weighted by atomic mass is 9.90. The van der Waals surface area contributed by atoms with Gasteiger partial charge in [-0.15, -0.1) is 0 Å². The minimum Gasteiger partial charge on any atom is -0.466 e. The Morgan fingerprint density at radius 1 is 1.22 bits per heavy atom. The summed E-state index contributed by atoms with van der Waals surface area (Å²) < 4.78 is 5.16. The predicted molar refractivity (Wildman–Crippen MR) is 107 cm³/mol. The van der Waals surface area contributed by atoms with E-state index in [9.17, 15) is 4.79 Å². The minimum atomic E-state index is -0.0608. The van der Waals surface area contributed by atoms with E-state index in [4.69, 9.17) is 9.57 Å². The number of likely N-dealkylation sites (tertiary alicyclic amines) is 1. The molecule has 1 heterocycles. The fourth-order valence-corrected chi connectivity index (χ4v) is 4.34. The van der Waals surface area contributed by atoms with Gasteiger partial charge in [-0.3, -0.25) is 9.69 Å². The first kappa shape index (κ1) is 19.9. The van der Waals surface area contributed by atoms with E-state index in [1.807, 2.05) is 13.1 Å². The van der Waals surface area contributed by atoms with Gasteiger partial charge in [0.15, 0.2) is 0 Å². The molecule has 0 aromatic heterocycles. The monoisotopic (exact) mass is 372 g/mol. The van der Waals surface area contributed by atoms with Crippen LogP contribution in [-0.2, 0) is 14.4 Å². The maximum atomic E-state index is 11.9. The van der Waals surface area contributed by atoms with E-state index in [2.05, 4.69) is 40.4 Å². The summed E-state index contributed by atoms with van der Waals surface area (Å²) in [5.74, 6) is 0.975. The smallest absolute Gasteiger partial charge is 0.310 e. The molecule has 0 amide bonds. The number of benzene rings is 1. The van der Waals surface area contributed by atoms with Crippen LogP contribution in [0, 0.1) is 11.8 Å². The molecule has 1 aliphatic heterocycles. The third-order valence-electron chi connectivity index (χ3n) is 5.75. The highest BCUT2D eigenvalue weighted by Gasteiger charge is 2.28. The fraction of sp³-hybridized carbons (Fsp3) is 0.636. The number of rotatable bonds is 8. The first-order valence-corrected chi connectivity index (χ1v) is 10.4. The van der Waals surface area contributed by atoms with E-state index in [-0.39, 0.29) is 11.9 Å². The molecule has 3 unspecified atom stereocenters. The number of nitrogens with zero attached hydrogens (tertiary/aromatic N) is 2. The van der Waals surface area contributed by atoms with E-state index >= 15 is 0 Å². The zero-order valence-corrected chi connectivity index (χ0v) is 16.4. The summed E-state index contributed by atoms with van der Waals surface area (Å²) in [6.45, 7) is 5.47. The zero-order chi connectivity index (χ0) is 18.9. The first-order chi connectivity index (χ1) is 13.3. The molecular formula is C22H32N2O3. The van der Waals surface area contributed by atoms with Crippen LogP contribution in [0.2, 0.25) is 0 Å². The SMILES string of the molecule is CCOC(=O)C1CCCN(CCON=CC2CCCC2c2ccccc2)C1. The van der Waals surface area contributed by atoms with Gasteiger partial charge in [0.05, 0.1) is 12.5 Å². The van der Waals surface area contributed by atoms with Crippen LogP contribution in [0.4, 0.5) is 0 Å². The third-order valence-corrected chi connectivity index (χ3v) is 5.75. The number of ether oxygens (including phenoxy) is 1. The van der Waals surface area contributed by atoms with Crippen LogP contribution in [0.5, 0.6) is 0 Å². The molecule has 148 valence electrons. The van der Waals surface area contributed by atoms with Crippen molar-refractivity contribution in [2.45, 2.75) is 44.9 Å². The Bertz CT molecular complexity index is 605. The summed E-state index contributed by atoms with van der Waals surface area (Å²) in [5.41, 5.74) is 1.41. The summed E-state index contributed by atoms with van der Waals surface area (Å²) in [6, 6.07) is 10.7. The van der Waals surface area contributed by atoms with Crippen molar-refractivity contribution >= 4 is 12.2 Å². The summed E-state index contributed by atoms with van der Waals surface area (Å²) in [4.78, 5) is 19.7. The summed E-state index contributed by atoms with van der Waals surface area (Å²) in [5, 5.41) is 4.25. The summed E-state index contributed by atoms with van der Waals surface area (Å²) in [7, 11) is 0. The molecule has 0 radical (unpaired) electrons. The van der Waals surface area contributed by atoms with E-state index in [1.54, 1.807) is 0 Å². The van der Waals surface area contributed by atoms with E-state index in [1.165, 1.54) is 24.8 Å². The van der Waals surface area contributed by atoms with Gasteiger partial charge in [-0.05, 0) is 50.6 Å². The van der Waals surface area contributed by atoms with Crippen LogP contribution in [-0.4, -0.2) is 49.9 Å². The first-order valence-electron chi connectivity index (χ1n) is 10.4. The highest BCUT2D eigenvalue weighted by Crippen LogP contribution is 2.38. The van der Waals surface area contributed by atoms with Crippen molar-refractivity contribution in [1.82, 2.24) is 4.90 Å². The van der Waals surface area contributed by atoms with Crippen LogP contribution >= 0.6 is 0 Å². The largest absolute Gasteiger partial charge is 0.466 e.